The first-order chi connectivity index (χ1) is 5.16. The van der Waals surface area contributed by atoms with Crippen LogP contribution in [0, 0.1) is 0 Å². The molecule has 0 aromatic rings. The highest BCUT2D eigenvalue weighted by Crippen LogP contribution is 2.20. The molecule has 3 heteroatoms. The largest absolute Gasteiger partial charge is 0.336 e. The van der Waals surface area contributed by atoms with Gasteiger partial charge in [0.15, 0.2) is 0 Å². The predicted octanol–water partition coefficient (Wildman–Crippen LogP) is 1.56. The second-order valence-corrected chi connectivity index (χ2v) is 3.87. The van der Waals surface area contributed by atoms with Crippen molar-refractivity contribution in [2.75, 3.05) is 6.54 Å². The Balaban J connectivity index is 2.61. The molecule has 0 saturated carbocycles. The molecule has 1 amide bonds. The molecule has 2 nitrogen and oxygen atoms in total. The zero-order valence-corrected chi connectivity index (χ0v) is 8.17. The lowest BCUT2D eigenvalue weighted by molar-refractivity contribution is -0.128. The van der Waals surface area contributed by atoms with Crippen molar-refractivity contribution in [1.82, 2.24) is 4.90 Å². The maximum absolute atomic E-state index is 11.3. The minimum absolute atomic E-state index is 0.0323. The van der Waals surface area contributed by atoms with Crippen molar-refractivity contribution in [2.45, 2.75) is 24.2 Å². The molecule has 1 heterocycles. The fraction of sp³-hybridized carbons (Fsp3) is 0.625. The van der Waals surface area contributed by atoms with E-state index in [9.17, 15) is 4.79 Å². The molecule has 0 aliphatic carbocycles. The fourth-order valence-corrected chi connectivity index (χ4v) is 1.67. The van der Waals surface area contributed by atoms with E-state index in [1.165, 1.54) is 0 Å². The van der Waals surface area contributed by atoms with Gasteiger partial charge >= 0.3 is 0 Å². The predicted molar refractivity (Wildman–Crippen MR) is 48.7 cm³/mol. The van der Waals surface area contributed by atoms with Crippen LogP contribution in [0.25, 0.3) is 0 Å². The summed E-state index contributed by atoms with van der Waals surface area (Å²) in [6.07, 6.45) is 2.71. The third-order valence-electron chi connectivity index (χ3n) is 2.01. The molecule has 62 valence electrons. The lowest BCUT2D eigenvalue weighted by Crippen LogP contribution is -2.34. The van der Waals surface area contributed by atoms with Crippen LogP contribution in [0.15, 0.2) is 12.7 Å². The molecule has 1 aliphatic heterocycles. The quantitative estimate of drug-likeness (QED) is 0.508. The summed E-state index contributed by atoms with van der Waals surface area (Å²) < 4.78 is 0. The van der Waals surface area contributed by atoms with Crippen LogP contribution in [0.5, 0.6) is 0 Å². The number of amides is 1. The van der Waals surface area contributed by atoms with E-state index in [-0.39, 0.29) is 16.8 Å². The highest BCUT2D eigenvalue weighted by Gasteiger charge is 2.31. The van der Waals surface area contributed by atoms with Crippen molar-refractivity contribution in [3.8, 4) is 0 Å². The summed E-state index contributed by atoms with van der Waals surface area (Å²) in [5, 5.41) is 0. The van der Waals surface area contributed by atoms with Gasteiger partial charge in [0.1, 0.15) is 0 Å². The number of carbonyl (C=O) groups excluding carboxylic acids is 1. The summed E-state index contributed by atoms with van der Waals surface area (Å²) in [4.78, 5) is 13.2. The lowest BCUT2D eigenvalue weighted by atomic mass is 10.3. The van der Waals surface area contributed by atoms with Crippen LogP contribution in [0.2, 0.25) is 0 Å². The van der Waals surface area contributed by atoms with Crippen LogP contribution in [0.1, 0.15) is 13.3 Å². The van der Waals surface area contributed by atoms with E-state index < -0.39 is 0 Å². The molecule has 1 rings (SSSR count). The van der Waals surface area contributed by atoms with Gasteiger partial charge in [-0.05, 0) is 13.3 Å². The van der Waals surface area contributed by atoms with E-state index in [1.807, 2.05) is 11.8 Å². The zero-order chi connectivity index (χ0) is 8.43. The summed E-state index contributed by atoms with van der Waals surface area (Å²) in [6, 6.07) is 0.171. The second kappa shape index (κ2) is 3.39. The molecule has 0 aromatic carbocycles. The number of halogens is 1. The van der Waals surface area contributed by atoms with Crippen molar-refractivity contribution >= 4 is 21.8 Å². The van der Waals surface area contributed by atoms with Gasteiger partial charge in [-0.1, -0.05) is 22.0 Å². The molecule has 0 radical (unpaired) electrons. The van der Waals surface area contributed by atoms with Crippen molar-refractivity contribution < 1.29 is 4.79 Å². The Morgan fingerprint density at radius 1 is 1.91 bits per heavy atom. The standard InChI is InChI=1S/C8H12BrNO/c1-3-6(2)10-5-4-7(9)8(10)11/h3,6-7H,1,4-5H2,2H3. The maximum atomic E-state index is 11.3. The van der Waals surface area contributed by atoms with E-state index >= 15 is 0 Å². The topological polar surface area (TPSA) is 20.3 Å². The number of alkyl halides is 1. The number of nitrogens with zero attached hydrogens (tertiary/aromatic N) is 1. The van der Waals surface area contributed by atoms with Gasteiger partial charge in [0, 0.05) is 12.6 Å². The fourth-order valence-electron chi connectivity index (χ4n) is 1.20. The number of likely N-dealkylation sites (tertiary alicyclic amines) is 1. The Morgan fingerprint density at radius 3 is 2.91 bits per heavy atom. The summed E-state index contributed by atoms with van der Waals surface area (Å²) in [7, 11) is 0. The summed E-state index contributed by atoms with van der Waals surface area (Å²) >= 11 is 3.32. The van der Waals surface area contributed by atoms with Gasteiger partial charge in [0.25, 0.3) is 0 Å². The zero-order valence-electron chi connectivity index (χ0n) is 6.59. The molecule has 11 heavy (non-hydrogen) atoms. The SMILES string of the molecule is C=CC(C)N1CCC(Br)C1=O. The molecule has 2 atom stereocenters. The smallest absolute Gasteiger partial charge is 0.236 e. The first-order valence-electron chi connectivity index (χ1n) is 3.74. The molecule has 0 spiro atoms. The molecule has 0 aromatic heterocycles. The molecule has 2 unspecified atom stereocenters. The number of carbonyl (C=O) groups is 1. The highest BCUT2D eigenvalue weighted by molar-refractivity contribution is 9.10. The van der Waals surface area contributed by atoms with E-state index in [0.29, 0.717) is 0 Å². The Kier molecular flexibility index (Phi) is 2.71. The summed E-state index contributed by atoms with van der Waals surface area (Å²) in [6.45, 7) is 6.49. The maximum Gasteiger partial charge on any atom is 0.236 e. The second-order valence-electron chi connectivity index (χ2n) is 2.76. The van der Waals surface area contributed by atoms with Gasteiger partial charge in [-0.25, -0.2) is 0 Å². The summed E-state index contributed by atoms with van der Waals surface area (Å²) in [5.74, 6) is 0.192. The molecule has 1 aliphatic rings. The number of rotatable bonds is 2. The molecular formula is C8H12BrNO. The van der Waals surface area contributed by atoms with Crippen LogP contribution >= 0.6 is 15.9 Å². The molecule has 0 N–H and O–H groups in total. The van der Waals surface area contributed by atoms with Gasteiger partial charge in [0.2, 0.25) is 5.91 Å². The van der Waals surface area contributed by atoms with Crippen LogP contribution < -0.4 is 0 Å². The monoisotopic (exact) mass is 217 g/mol. The molecular weight excluding hydrogens is 206 g/mol. The number of hydrogen-bond acceptors (Lipinski definition) is 1. The van der Waals surface area contributed by atoms with Crippen molar-refractivity contribution in [3.63, 3.8) is 0 Å². The number of hydrogen-bond donors (Lipinski definition) is 0. The van der Waals surface area contributed by atoms with Gasteiger partial charge in [-0.2, -0.15) is 0 Å². The third kappa shape index (κ3) is 1.64. The Labute approximate surface area is 75.4 Å². The van der Waals surface area contributed by atoms with Crippen LogP contribution in [0.3, 0.4) is 0 Å². The molecule has 0 bridgehead atoms. The Morgan fingerprint density at radius 2 is 2.55 bits per heavy atom. The van der Waals surface area contributed by atoms with Gasteiger partial charge < -0.3 is 4.90 Å². The van der Waals surface area contributed by atoms with E-state index in [0.717, 1.165) is 13.0 Å². The van der Waals surface area contributed by atoms with Crippen LogP contribution in [0.4, 0.5) is 0 Å². The highest BCUT2D eigenvalue weighted by atomic mass is 79.9. The van der Waals surface area contributed by atoms with E-state index in [1.54, 1.807) is 6.08 Å². The summed E-state index contributed by atoms with van der Waals surface area (Å²) in [5.41, 5.74) is 0. The van der Waals surface area contributed by atoms with Crippen molar-refractivity contribution in [3.05, 3.63) is 12.7 Å². The van der Waals surface area contributed by atoms with Gasteiger partial charge in [0.05, 0.1) is 4.83 Å². The van der Waals surface area contributed by atoms with Crippen molar-refractivity contribution in [2.24, 2.45) is 0 Å². The van der Waals surface area contributed by atoms with Crippen LogP contribution in [-0.2, 0) is 4.79 Å². The minimum Gasteiger partial charge on any atom is -0.336 e. The van der Waals surface area contributed by atoms with Crippen LogP contribution in [-0.4, -0.2) is 28.2 Å². The van der Waals surface area contributed by atoms with Crippen molar-refractivity contribution in [1.29, 1.82) is 0 Å². The van der Waals surface area contributed by atoms with E-state index in [4.69, 9.17) is 0 Å². The first-order valence-corrected chi connectivity index (χ1v) is 4.65. The molecule has 1 saturated heterocycles. The normalized spacial score (nSPS) is 27.3. The Hall–Kier alpha value is -0.310. The molecule has 1 fully saturated rings. The Bertz CT molecular complexity index is 181. The average molecular weight is 218 g/mol. The van der Waals surface area contributed by atoms with Gasteiger partial charge in [-0.3, -0.25) is 4.79 Å². The lowest BCUT2D eigenvalue weighted by Gasteiger charge is -2.20. The third-order valence-corrected chi connectivity index (χ3v) is 2.86. The average Bonchev–Trinajstić information content (AvgIpc) is 2.32. The van der Waals surface area contributed by atoms with Gasteiger partial charge in [-0.15, -0.1) is 6.58 Å². The first kappa shape index (κ1) is 8.78. The minimum atomic E-state index is 0.0323. The van der Waals surface area contributed by atoms with E-state index in [2.05, 4.69) is 22.5 Å².